The van der Waals surface area contributed by atoms with Gasteiger partial charge in [-0.15, -0.1) is 0 Å². The zero-order valence-electron chi connectivity index (χ0n) is 45.2. The molecule has 2 aliphatic heterocycles. The number of hydrogen-bond acceptors (Lipinski definition) is 2. The van der Waals surface area contributed by atoms with Gasteiger partial charge in [0.2, 0.25) is 0 Å². The highest BCUT2D eigenvalue weighted by atomic mass is 15.2. The lowest BCUT2D eigenvalue weighted by atomic mass is 9.32. The lowest BCUT2D eigenvalue weighted by Crippen LogP contribution is -2.62. The molecule has 0 amide bonds. The van der Waals surface area contributed by atoms with Gasteiger partial charge < -0.3 is 9.80 Å². The highest BCUT2D eigenvalue weighted by Crippen LogP contribution is 2.53. The van der Waals surface area contributed by atoms with Gasteiger partial charge in [0.25, 0.3) is 6.71 Å². The Morgan fingerprint density at radius 2 is 0.636 bits per heavy atom. The van der Waals surface area contributed by atoms with Gasteiger partial charge >= 0.3 is 0 Å². The van der Waals surface area contributed by atoms with E-state index in [-0.39, 0.29) is 50.0 Å². The summed E-state index contributed by atoms with van der Waals surface area (Å²) in [6, 6.07) is 31.0. The molecule has 66 heavy (non-hydrogen) atoms. The highest BCUT2D eigenvalue weighted by molar-refractivity contribution is 7.00. The summed E-state index contributed by atoms with van der Waals surface area (Å²) >= 11 is 0. The summed E-state index contributed by atoms with van der Waals surface area (Å²) in [5.74, 6) is 0. The maximum Gasteiger partial charge on any atom is 0.252 e. The van der Waals surface area contributed by atoms with Crippen molar-refractivity contribution >= 4 is 57.2 Å². The minimum Gasteiger partial charge on any atom is -0.311 e. The van der Waals surface area contributed by atoms with Gasteiger partial charge in [-0.3, -0.25) is 0 Å². The molecule has 0 atom stereocenters. The van der Waals surface area contributed by atoms with Crippen LogP contribution in [-0.2, 0) is 43.3 Å². The van der Waals surface area contributed by atoms with Crippen LogP contribution in [0.1, 0.15) is 214 Å². The molecule has 0 radical (unpaired) electrons. The van der Waals surface area contributed by atoms with Gasteiger partial charge in [-0.25, -0.2) is 0 Å². The smallest absolute Gasteiger partial charge is 0.252 e. The van der Waals surface area contributed by atoms with Gasteiger partial charge in [-0.05, 0) is 191 Å². The van der Waals surface area contributed by atoms with Crippen LogP contribution in [-0.4, -0.2) is 6.71 Å². The molecule has 0 saturated carbocycles. The number of fused-ring (bicyclic) bond motifs is 6. The number of anilines is 6. The summed E-state index contributed by atoms with van der Waals surface area (Å²) in [5.41, 5.74) is 25.2. The monoisotopic (exact) mass is 879 g/mol. The number of benzene rings is 5. The first-order valence-electron chi connectivity index (χ1n) is 25.6. The molecule has 2 aliphatic carbocycles. The molecule has 348 valence electrons. The minimum absolute atomic E-state index is 0.0245. The van der Waals surface area contributed by atoms with Crippen LogP contribution in [0.25, 0.3) is 0 Å². The normalized spacial score (nSPS) is 19.1. The van der Waals surface area contributed by atoms with Crippen LogP contribution in [0.4, 0.5) is 34.1 Å². The molecular weight excluding hydrogens is 796 g/mol. The van der Waals surface area contributed by atoms with Gasteiger partial charge in [0.1, 0.15) is 0 Å². The van der Waals surface area contributed by atoms with Crippen molar-refractivity contribution in [2.45, 2.75) is 214 Å². The van der Waals surface area contributed by atoms with E-state index in [1.165, 1.54) is 126 Å². The Kier molecular flexibility index (Phi) is 10.2. The van der Waals surface area contributed by atoms with Crippen LogP contribution in [0.15, 0.2) is 72.8 Å². The molecule has 5 aromatic rings. The Bertz CT molecular complexity index is 2560. The third-order valence-corrected chi connectivity index (χ3v) is 17.0. The topological polar surface area (TPSA) is 6.48 Å². The molecule has 5 aromatic carbocycles. The van der Waals surface area contributed by atoms with E-state index in [9.17, 15) is 0 Å². The molecule has 0 spiro atoms. The van der Waals surface area contributed by atoms with Crippen LogP contribution < -0.4 is 26.2 Å². The van der Waals surface area contributed by atoms with Crippen molar-refractivity contribution in [3.05, 3.63) is 123 Å². The predicted molar refractivity (Wildman–Crippen MR) is 291 cm³/mol. The van der Waals surface area contributed by atoms with Crippen molar-refractivity contribution in [2.24, 2.45) is 0 Å². The lowest BCUT2D eigenvalue weighted by Gasteiger charge is -2.49. The quantitative estimate of drug-likeness (QED) is 0.160. The maximum atomic E-state index is 2.72. The Balaban J connectivity index is 1.48. The van der Waals surface area contributed by atoms with E-state index in [4.69, 9.17) is 0 Å². The van der Waals surface area contributed by atoms with Gasteiger partial charge in [0.15, 0.2) is 0 Å². The largest absolute Gasteiger partial charge is 0.311 e. The molecule has 9 rings (SSSR count). The second-order valence-electron chi connectivity index (χ2n) is 28.3. The molecule has 3 heteroatoms. The average Bonchev–Trinajstić information content (AvgIpc) is 3.18. The fraction of sp³-hybridized carbons (Fsp3) is 0.524. The van der Waals surface area contributed by atoms with Crippen molar-refractivity contribution in [2.75, 3.05) is 9.80 Å². The zero-order valence-corrected chi connectivity index (χ0v) is 45.2. The van der Waals surface area contributed by atoms with Crippen molar-refractivity contribution in [1.82, 2.24) is 0 Å². The van der Waals surface area contributed by atoms with Crippen LogP contribution in [0.2, 0.25) is 0 Å². The summed E-state index contributed by atoms with van der Waals surface area (Å²) in [7, 11) is 0. The standard InChI is InChI=1S/C63H83BN2/c1-38-26-53-55-54(27-38)66(44-32-41(58(8,9)10)29-42(33-44)59(11,12)13)52-37-48-46(61(16,17)23-25-63(48,20)21)35-50(52)64(55)49-34-45-47(62(18,19)24-22-60(45,14)15)36-51(49)65(53)43-30-39(56(2,3)4)28-40(31-43)57(5,6)7/h26-37H,22-25H2,1-21H3. The van der Waals surface area contributed by atoms with Gasteiger partial charge in [0, 0.05) is 34.1 Å². The minimum atomic E-state index is -0.0245. The number of aryl methyl sites for hydroxylation is 1. The Morgan fingerprint density at radius 3 is 0.909 bits per heavy atom. The molecule has 0 unspecified atom stereocenters. The molecule has 0 bridgehead atoms. The van der Waals surface area contributed by atoms with E-state index in [1.807, 2.05) is 0 Å². The molecule has 0 N–H and O–H groups in total. The fourth-order valence-corrected chi connectivity index (χ4v) is 12.0. The molecule has 4 aliphatic rings. The average molecular weight is 879 g/mol. The summed E-state index contributed by atoms with van der Waals surface area (Å²) in [5, 5.41) is 0. The molecule has 0 saturated heterocycles. The number of hydrogen-bond donors (Lipinski definition) is 0. The number of nitrogens with zero attached hydrogens (tertiary/aromatic N) is 2. The molecule has 0 fully saturated rings. The Morgan fingerprint density at radius 1 is 0.364 bits per heavy atom. The maximum absolute atomic E-state index is 2.72. The summed E-state index contributed by atoms with van der Waals surface area (Å²) in [6.45, 7) is 51.0. The molecule has 2 heterocycles. The van der Waals surface area contributed by atoms with Gasteiger partial charge in [-0.1, -0.05) is 163 Å². The van der Waals surface area contributed by atoms with E-state index in [0.717, 1.165) is 0 Å². The highest BCUT2D eigenvalue weighted by Gasteiger charge is 2.49. The number of rotatable bonds is 2. The van der Waals surface area contributed by atoms with Crippen molar-refractivity contribution in [1.29, 1.82) is 0 Å². The van der Waals surface area contributed by atoms with Crippen molar-refractivity contribution in [3.8, 4) is 0 Å². The Labute approximate surface area is 402 Å². The van der Waals surface area contributed by atoms with Crippen LogP contribution in [0, 0.1) is 6.92 Å². The van der Waals surface area contributed by atoms with Gasteiger partial charge in [0.05, 0.1) is 0 Å². The van der Waals surface area contributed by atoms with E-state index in [0.29, 0.717) is 0 Å². The summed E-state index contributed by atoms with van der Waals surface area (Å²) in [6.07, 6.45) is 4.74. The third-order valence-electron chi connectivity index (χ3n) is 17.0. The van der Waals surface area contributed by atoms with Crippen LogP contribution in [0.5, 0.6) is 0 Å². The summed E-state index contributed by atoms with van der Waals surface area (Å²) < 4.78 is 0. The summed E-state index contributed by atoms with van der Waals surface area (Å²) in [4.78, 5) is 5.45. The molecule has 0 aromatic heterocycles. The van der Waals surface area contributed by atoms with Crippen LogP contribution >= 0.6 is 0 Å². The molecular formula is C63H83BN2. The van der Waals surface area contributed by atoms with E-state index >= 15 is 0 Å². The van der Waals surface area contributed by atoms with Gasteiger partial charge in [-0.2, -0.15) is 0 Å². The van der Waals surface area contributed by atoms with E-state index in [2.05, 4.69) is 228 Å². The first-order valence-corrected chi connectivity index (χ1v) is 25.6. The van der Waals surface area contributed by atoms with E-state index < -0.39 is 0 Å². The second kappa shape index (κ2) is 14.4. The van der Waals surface area contributed by atoms with E-state index in [1.54, 1.807) is 0 Å². The van der Waals surface area contributed by atoms with Crippen molar-refractivity contribution in [3.63, 3.8) is 0 Å². The first kappa shape index (κ1) is 46.9. The second-order valence-corrected chi connectivity index (χ2v) is 28.3. The lowest BCUT2D eigenvalue weighted by molar-refractivity contribution is 0.332. The predicted octanol–water partition coefficient (Wildman–Crippen LogP) is 16.0. The fourth-order valence-electron chi connectivity index (χ4n) is 12.0. The Hall–Kier alpha value is -4.24. The van der Waals surface area contributed by atoms with Crippen molar-refractivity contribution < 1.29 is 0 Å². The zero-order chi connectivity index (χ0) is 48.4. The third kappa shape index (κ3) is 7.51. The molecule has 2 nitrogen and oxygen atoms in total. The SMILES string of the molecule is Cc1cc2c3c(c1)N(c1cc(C(C)(C)C)cc(C(C)(C)C)c1)c1cc4c(cc1B3c1cc3c(cc1N2c1cc(C(C)(C)C)cc(C(C)(C)C)c1)C(C)(C)CCC3(C)C)C(C)(C)CCC4(C)C. The van der Waals surface area contributed by atoms with Crippen LogP contribution in [0.3, 0.4) is 0 Å². The first-order chi connectivity index (χ1) is 30.1.